The van der Waals surface area contributed by atoms with Crippen molar-refractivity contribution in [3.05, 3.63) is 29.6 Å². The van der Waals surface area contributed by atoms with Crippen LogP contribution in [-0.2, 0) is 11.3 Å². The van der Waals surface area contributed by atoms with E-state index in [-0.39, 0.29) is 53.8 Å². The second-order valence-electron chi connectivity index (χ2n) is 7.21. The van der Waals surface area contributed by atoms with Gasteiger partial charge < -0.3 is 20.2 Å². The SMILES string of the molecule is CN=C(NCc1ccc(O)c(F)c1)N1CC(=O)N(C(C)C)C(C)(C)C1.I. The number of aromatic hydroxyl groups is 1. The second kappa shape index (κ2) is 8.88. The van der Waals surface area contributed by atoms with E-state index in [4.69, 9.17) is 0 Å². The third-order valence-corrected chi connectivity index (χ3v) is 4.32. The molecule has 0 atom stereocenters. The van der Waals surface area contributed by atoms with Gasteiger partial charge in [0.15, 0.2) is 17.5 Å². The fourth-order valence-corrected chi connectivity index (χ4v) is 3.49. The normalized spacial score (nSPS) is 17.3. The largest absolute Gasteiger partial charge is 0.505 e. The van der Waals surface area contributed by atoms with E-state index in [9.17, 15) is 14.3 Å². The number of carbonyl (C=O) groups is 1. The van der Waals surface area contributed by atoms with Gasteiger partial charge in [0.1, 0.15) is 0 Å². The minimum absolute atomic E-state index is 0. The van der Waals surface area contributed by atoms with Gasteiger partial charge in [0.25, 0.3) is 0 Å². The number of piperazine rings is 1. The molecule has 0 unspecified atom stereocenters. The number of hydrogen-bond donors (Lipinski definition) is 2. The van der Waals surface area contributed by atoms with Gasteiger partial charge in [-0.15, -0.1) is 24.0 Å². The molecule has 8 heteroatoms. The third kappa shape index (κ3) is 4.99. The average Bonchev–Trinajstić information content (AvgIpc) is 2.49. The third-order valence-electron chi connectivity index (χ3n) is 4.32. The molecule has 0 saturated carbocycles. The first kappa shape index (κ1) is 22.5. The number of benzene rings is 1. The minimum Gasteiger partial charge on any atom is -0.505 e. The van der Waals surface area contributed by atoms with E-state index < -0.39 is 5.82 Å². The van der Waals surface area contributed by atoms with Crippen molar-refractivity contribution >= 4 is 35.8 Å². The Hall–Kier alpha value is -1.58. The van der Waals surface area contributed by atoms with Crippen LogP contribution < -0.4 is 5.32 Å². The molecule has 0 aromatic heterocycles. The summed E-state index contributed by atoms with van der Waals surface area (Å²) < 4.78 is 13.4. The lowest BCUT2D eigenvalue weighted by Gasteiger charge is -2.49. The predicted molar refractivity (Wildman–Crippen MR) is 111 cm³/mol. The van der Waals surface area contributed by atoms with Crippen LogP contribution in [0.1, 0.15) is 33.3 Å². The topological polar surface area (TPSA) is 68.2 Å². The van der Waals surface area contributed by atoms with Gasteiger partial charge in [0, 0.05) is 26.2 Å². The van der Waals surface area contributed by atoms with E-state index in [0.717, 1.165) is 0 Å². The summed E-state index contributed by atoms with van der Waals surface area (Å²) in [5.41, 5.74) is 0.369. The molecule has 2 N–H and O–H groups in total. The number of aliphatic imine (C=N–C) groups is 1. The van der Waals surface area contributed by atoms with Crippen LogP contribution in [0.4, 0.5) is 4.39 Å². The molecule has 0 radical (unpaired) electrons. The Morgan fingerprint density at radius 1 is 1.42 bits per heavy atom. The smallest absolute Gasteiger partial charge is 0.242 e. The maximum atomic E-state index is 13.4. The van der Waals surface area contributed by atoms with Gasteiger partial charge in [-0.3, -0.25) is 9.79 Å². The lowest BCUT2D eigenvalue weighted by atomic mass is 9.96. The Bertz CT molecular complexity index is 679. The van der Waals surface area contributed by atoms with E-state index in [1.807, 2.05) is 37.5 Å². The summed E-state index contributed by atoms with van der Waals surface area (Å²) in [7, 11) is 1.66. The maximum Gasteiger partial charge on any atom is 0.242 e. The summed E-state index contributed by atoms with van der Waals surface area (Å²) in [6.45, 7) is 9.37. The van der Waals surface area contributed by atoms with E-state index in [1.165, 1.54) is 12.1 Å². The number of carbonyl (C=O) groups excluding carboxylic acids is 1. The van der Waals surface area contributed by atoms with Crippen molar-refractivity contribution in [3.8, 4) is 5.75 Å². The van der Waals surface area contributed by atoms with Crippen LogP contribution in [0.2, 0.25) is 0 Å². The summed E-state index contributed by atoms with van der Waals surface area (Å²) in [6.07, 6.45) is 0. The Morgan fingerprint density at radius 2 is 2.08 bits per heavy atom. The number of nitrogens with zero attached hydrogens (tertiary/aromatic N) is 3. The molecule has 2 rings (SSSR count). The predicted octanol–water partition coefficient (Wildman–Crippen LogP) is 2.56. The zero-order valence-electron chi connectivity index (χ0n) is 15.9. The van der Waals surface area contributed by atoms with Gasteiger partial charge in [-0.25, -0.2) is 4.39 Å². The Kier molecular flexibility index (Phi) is 7.67. The highest BCUT2D eigenvalue weighted by atomic mass is 127. The lowest BCUT2D eigenvalue weighted by molar-refractivity contribution is -0.145. The van der Waals surface area contributed by atoms with Crippen molar-refractivity contribution < 1.29 is 14.3 Å². The Labute approximate surface area is 171 Å². The molecule has 0 spiro atoms. The highest BCUT2D eigenvalue weighted by Crippen LogP contribution is 2.24. The highest BCUT2D eigenvalue weighted by Gasteiger charge is 2.40. The molecule has 1 aliphatic rings. The summed E-state index contributed by atoms with van der Waals surface area (Å²) in [5.74, 6) is -0.371. The number of halogens is 2. The van der Waals surface area contributed by atoms with Crippen LogP contribution in [0.15, 0.2) is 23.2 Å². The zero-order chi connectivity index (χ0) is 18.8. The van der Waals surface area contributed by atoms with Gasteiger partial charge in [0.05, 0.1) is 12.1 Å². The quantitative estimate of drug-likeness (QED) is 0.398. The molecule has 1 aromatic rings. The average molecular weight is 478 g/mol. The number of guanidine groups is 1. The molecule has 1 amide bonds. The summed E-state index contributed by atoms with van der Waals surface area (Å²) in [6, 6.07) is 4.38. The number of phenols is 1. The van der Waals surface area contributed by atoms with Gasteiger partial charge in [-0.2, -0.15) is 0 Å². The number of amides is 1. The number of nitrogens with one attached hydrogen (secondary N) is 1. The molecule has 1 aliphatic heterocycles. The first-order valence-electron chi connectivity index (χ1n) is 8.41. The van der Waals surface area contributed by atoms with Gasteiger partial charge in [0.2, 0.25) is 5.91 Å². The van der Waals surface area contributed by atoms with Gasteiger partial charge >= 0.3 is 0 Å². The summed E-state index contributed by atoms with van der Waals surface area (Å²) >= 11 is 0. The molecule has 6 nitrogen and oxygen atoms in total. The van der Waals surface area contributed by atoms with Crippen LogP contribution in [0.5, 0.6) is 5.75 Å². The van der Waals surface area contributed by atoms with E-state index >= 15 is 0 Å². The summed E-state index contributed by atoms with van der Waals surface area (Å²) in [5, 5.41) is 12.4. The second-order valence-corrected chi connectivity index (χ2v) is 7.21. The van der Waals surface area contributed by atoms with Crippen LogP contribution in [0.25, 0.3) is 0 Å². The maximum absolute atomic E-state index is 13.4. The zero-order valence-corrected chi connectivity index (χ0v) is 18.2. The van der Waals surface area contributed by atoms with E-state index in [2.05, 4.69) is 10.3 Å². The fraction of sp³-hybridized carbons (Fsp3) is 0.556. The number of rotatable bonds is 3. The standard InChI is InChI=1S/C18H27FN4O2.HI/c1-12(2)23-16(25)10-22(11-18(23,3)4)17(20-5)21-9-13-6-7-15(24)14(19)8-13;/h6-8,12,24H,9-11H2,1-5H3,(H,20,21);1H. The first-order chi connectivity index (χ1) is 11.7. The first-order valence-corrected chi connectivity index (χ1v) is 8.41. The van der Waals surface area contributed by atoms with Crippen LogP contribution in [0, 0.1) is 5.82 Å². The molecule has 1 aromatic carbocycles. The van der Waals surface area contributed by atoms with Crippen molar-refractivity contribution in [3.63, 3.8) is 0 Å². The van der Waals surface area contributed by atoms with E-state index in [1.54, 1.807) is 13.1 Å². The van der Waals surface area contributed by atoms with Crippen LogP contribution in [-0.4, -0.2) is 58.5 Å². The summed E-state index contributed by atoms with van der Waals surface area (Å²) in [4.78, 5) is 20.6. The van der Waals surface area contributed by atoms with Gasteiger partial charge in [-0.05, 0) is 45.4 Å². The van der Waals surface area contributed by atoms with Crippen molar-refractivity contribution in [1.82, 2.24) is 15.1 Å². The van der Waals surface area contributed by atoms with Crippen molar-refractivity contribution in [1.29, 1.82) is 0 Å². The molecule has 1 heterocycles. The van der Waals surface area contributed by atoms with Crippen molar-refractivity contribution in [2.45, 2.75) is 45.8 Å². The minimum atomic E-state index is -0.656. The Balaban J connectivity index is 0.00000338. The molecule has 0 aliphatic carbocycles. The highest BCUT2D eigenvalue weighted by molar-refractivity contribution is 14.0. The molecule has 146 valence electrons. The number of phenolic OH excluding ortho intramolecular Hbond substituents is 1. The van der Waals surface area contributed by atoms with E-state index in [0.29, 0.717) is 24.6 Å². The lowest BCUT2D eigenvalue weighted by Crippen LogP contribution is -2.66. The monoisotopic (exact) mass is 478 g/mol. The van der Waals surface area contributed by atoms with Crippen LogP contribution >= 0.6 is 24.0 Å². The Morgan fingerprint density at radius 3 is 2.58 bits per heavy atom. The number of hydrogen-bond acceptors (Lipinski definition) is 3. The molecular weight excluding hydrogens is 450 g/mol. The van der Waals surface area contributed by atoms with Crippen molar-refractivity contribution in [2.75, 3.05) is 20.1 Å². The molecule has 0 bridgehead atoms. The molecule has 1 fully saturated rings. The molecule has 26 heavy (non-hydrogen) atoms. The van der Waals surface area contributed by atoms with Gasteiger partial charge in [-0.1, -0.05) is 6.07 Å². The molecular formula is C18H28FIN4O2. The molecule has 1 saturated heterocycles. The van der Waals surface area contributed by atoms with Crippen LogP contribution in [0.3, 0.4) is 0 Å². The van der Waals surface area contributed by atoms with Crippen molar-refractivity contribution in [2.24, 2.45) is 4.99 Å². The fourth-order valence-electron chi connectivity index (χ4n) is 3.49.